The molecule has 0 bridgehead atoms. The second-order valence-electron chi connectivity index (χ2n) is 3.05. The third-order valence-corrected chi connectivity index (χ3v) is 1.85. The molecule has 0 aromatic heterocycles. The van der Waals surface area contributed by atoms with Gasteiger partial charge in [-0.3, -0.25) is 4.79 Å². The maximum atomic E-state index is 11.7. The molecule has 0 saturated heterocycles. The lowest BCUT2D eigenvalue weighted by atomic mass is 10.2. The summed E-state index contributed by atoms with van der Waals surface area (Å²) in [5.41, 5.74) is 16.7. The molecule has 0 spiro atoms. The zero-order chi connectivity index (χ0) is 12.0. The predicted molar refractivity (Wildman–Crippen MR) is 63.8 cm³/mol. The largest absolute Gasteiger partial charge is 0.405 e. The molecule has 16 heavy (non-hydrogen) atoms. The summed E-state index contributed by atoms with van der Waals surface area (Å²) in [6.07, 6.45) is 2.56. The van der Waals surface area contributed by atoms with E-state index in [2.05, 4.69) is 5.32 Å². The van der Waals surface area contributed by atoms with Gasteiger partial charge in [0.1, 0.15) is 5.82 Å². The minimum absolute atomic E-state index is 0.0740. The Labute approximate surface area is 93.6 Å². The molecule has 1 aromatic rings. The van der Waals surface area contributed by atoms with Crippen molar-refractivity contribution in [3.05, 3.63) is 54.0 Å². The highest BCUT2D eigenvalue weighted by Crippen LogP contribution is 2.08. The molecule has 0 aliphatic rings. The minimum Gasteiger partial charge on any atom is -0.405 e. The lowest BCUT2D eigenvalue weighted by Crippen LogP contribution is -2.21. The van der Waals surface area contributed by atoms with Crippen LogP contribution in [0.4, 0.5) is 5.69 Å². The van der Waals surface area contributed by atoms with E-state index in [1.807, 2.05) is 18.2 Å². The Balaban J connectivity index is 2.83. The summed E-state index contributed by atoms with van der Waals surface area (Å²) < 4.78 is 0. The van der Waals surface area contributed by atoms with E-state index in [9.17, 15) is 4.79 Å². The van der Waals surface area contributed by atoms with Crippen molar-refractivity contribution in [1.82, 2.24) is 0 Å². The van der Waals surface area contributed by atoms with Crippen molar-refractivity contribution < 1.29 is 4.79 Å². The first kappa shape index (κ1) is 11.6. The van der Waals surface area contributed by atoms with E-state index in [-0.39, 0.29) is 11.4 Å². The van der Waals surface area contributed by atoms with Crippen molar-refractivity contribution in [3.8, 4) is 0 Å². The highest BCUT2D eigenvalue weighted by molar-refractivity contribution is 6.06. The third kappa shape index (κ3) is 3.06. The maximum absolute atomic E-state index is 11.7. The summed E-state index contributed by atoms with van der Waals surface area (Å²) in [5.74, 6) is -0.469. The first-order valence-corrected chi connectivity index (χ1v) is 4.65. The highest BCUT2D eigenvalue weighted by atomic mass is 16.1. The number of anilines is 1. The number of amides is 1. The highest BCUT2D eigenvalue weighted by Gasteiger charge is 2.09. The Hall–Kier alpha value is -2.43. The first-order valence-electron chi connectivity index (χ1n) is 4.65. The number of carbonyl (C=O) groups excluding carboxylic acids is 1. The van der Waals surface area contributed by atoms with E-state index < -0.39 is 5.91 Å². The van der Waals surface area contributed by atoms with Crippen LogP contribution in [0, 0.1) is 0 Å². The SMILES string of the molecule is N/C=C\C(C(=O)Nc1ccccc1)=C(N)N. The number of nitrogens with one attached hydrogen (secondary N) is 1. The van der Waals surface area contributed by atoms with Gasteiger partial charge in [0.2, 0.25) is 0 Å². The molecule has 1 rings (SSSR count). The van der Waals surface area contributed by atoms with Crippen LogP contribution in [0.15, 0.2) is 54.0 Å². The molecule has 0 aliphatic carbocycles. The predicted octanol–water partition coefficient (Wildman–Crippen LogP) is 0.227. The van der Waals surface area contributed by atoms with E-state index in [4.69, 9.17) is 17.2 Å². The van der Waals surface area contributed by atoms with E-state index in [0.29, 0.717) is 5.69 Å². The zero-order valence-electron chi connectivity index (χ0n) is 8.68. The van der Waals surface area contributed by atoms with Gasteiger partial charge in [-0.2, -0.15) is 0 Å². The molecule has 5 heteroatoms. The van der Waals surface area contributed by atoms with E-state index in [0.717, 1.165) is 0 Å². The van der Waals surface area contributed by atoms with Gasteiger partial charge in [0.25, 0.3) is 5.91 Å². The van der Waals surface area contributed by atoms with Crippen LogP contribution >= 0.6 is 0 Å². The Bertz CT molecular complexity index is 419. The van der Waals surface area contributed by atoms with Crippen LogP contribution in [0.1, 0.15) is 0 Å². The fourth-order valence-corrected chi connectivity index (χ4v) is 1.12. The van der Waals surface area contributed by atoms with Gasteiger partial charge in [0, 0.05) is 5.69 Å². The summed E-state index contributed by atoms with van der Waals surface area (Å²) in [7, 11) is 0. The molecule has 0 radical (unpaired) electrons. The Morgan fingerprint density at radius 2 is 1.81 bits per heavy atom. The molecule has 0 heterocycles. The molecule has 0 saturated carbocycles. The van der Waals surface area contributed by atoms with Crippen molar-refractivity contribution in [1.29, 1.82) is 0 Å². The minimum atomic E-state index is -0.395. The van der Waals surface area contributed by atoms with Crippen molar-refractivity contribution >= 4 is 11.6 Å². The fraction of sp³-hybridized carbons (Fsp3) is 0. The molecule has 0 aliphatic heterocycles. The molecule has 1 aromatic carbocycles. The van der Waals surface area contributed by atoms with Crippen LogP contribution < -0.4 is 22.5 Å². The number of carbonyl (C=O) groups is 1. The van der Waals surface area contributed by atoms with Gasteiger partial charge in [-0.15, -0.1) is 0 Å². The normalized spacial score (nSPS) is 10.0. The van der Waals surface area contributed by atoms with Gasteiger partial charge in [-0.25, -0.2) is 0 Å². The number of benzene rings is 1. The lowest BCUT2D eigenvalue weighted by Gasteiger charge is -2.06. The van der Waals surface area contributed by atoms with Gasteiger partial charge in [-0.05, 0) is 24.4 Å². The molecular formula is C11H14N4O. The van der Waals surface area contributed by atoms with Crippen LogP contribution in [0.2, 0.25) is 0 Å². The maximum Gasteiger partial charge on any atom is 0.259 e. The molecule has 0 fully saturated rings. The molecule has 7 N–H and O–H groups in total. The molecule has 84 valence electrons. The number of rotatable bonds is 3. The van der Waals surface area contributed by atoms with Crippen LogP contribution in [0.25, 0.3) is 0 Å². The molecular weight excluding hydrogens is 204 g/mol. The number of hydrogen-bond donors (Lipinski definition) is 4. The zero-order valence-corrected chi connectivity index (χ0v) is 8.68. The second-order valence-corrected chi connectivity index (χ2v) is 3.05. The van der Waals surface area contributed by atoms with Gasteiger partial charge in [0.05, 0.1) is 5.57 Å². The third-order valence-electron chi connectivity index (χ3n) is 1.85. The monoisotopic (exact) mass is 218 g/mol. The summed E-state index contributed by atoms with van der Waals surface area (Å²) >= 11 is 0. The number of para-hydroxylation sites is 1. The van der Waals surface area contributed by atoms with Gasteiger partial charge >= 0.3 is 0 Å². The quantitative estimate of drug-likeness (QED) is 0.430. The Morgan fingerprint density at radius 1 is 1.19 bits per heavy atom. The molecule has 5 nitrogen and oxygen atoms in total. The van der Waals surface area contributed by atoms with Crippen LogP contribution in [-0.2, 0) is 4.79 Å². The van der Waals surface area contributed by atoms with Crippen LogP contribution in [-0.4, -0.2) is 5.91 Å². The van der Waals surface area contributed by atoms with Crippen LogP contribution in [0.5, 0.6) is 0 Å². The van der Waals surface area contributed by atoms with E-state index in [1.54, 1.807) is 12.1 Å². The first-order chi connectivity index (χ1) is 7.65. The van der Waals surface area contributed by atoms with Gasteiger partial charge in [0.15, 0.2) is 0 Å². The lowest BCUT2D eigenvalue weighted by molar-refractivity contribution is -0.112. The molecule has 1 amide bonds. The average Bonchev–Trinajstić information content (AvgIpc) is 2.26. The molecule has 0 unspecified atom stereocenters. The smallest absolute Gasteiger partial charge is 0.259 e. The van der Waals surface area contributed by atoms with Gasteiger partial charge < -0.3 is 22.5 Å². The van der Waals surface area contributed by atoms with Crippen molar-refractivity contribution in [2.45, 2.75) is 0 Å². The topological polar surface area (TPSA) is 107 Å². The van der Waals surface area contributed by atoms with Crippen LogP contribution in [0.3, 0.4) is 0 Å². The summed E-state index contributed by atoms with van der Waals surface area (Å²) in [6, 6.07) is 8.99. The molecule has 0 atom stereocenters. The summed E-state index contributed by atoms with van der Waals surface area (Å²) in [4.78, 5) is 11.7. The van der Waals surface area contributed by atoms with Gasteiger partial charge in [-0.1, -0.05) is 18.2 Å². The number of hydrogen-bond acceptors (Lipinski definition) is 4. The Kier molecular flexibility index (Phi) is 3.97. The van der Waals surface area contributed by atoms with Crippen molar-refractivity contribution in [3.63, 3.8) is 0 Å². The van der Waals surface area contributed by atoms with E-state index >= 15 is 0 Å². The van der Waals surface area contributed by atoms with E-state index in [1.165, 1.54) is 12.3 Å². The summed E-state index contributed by atoms with van der Waals surface area (Å²) in [5, 5.41) is 2.64. The summed E-state index contributed by atoms with van der Waals surface area (Å²) in [6.45, 7) is 0. The van der Waals surface area contributed by atoms with Crippen molar-refractivity contribution in [2.24, 2.45) is 17.2 Å². The fourth-order valence-electron chi connectivity index (χ4n) is 1.12. The van der Waals surface area contributed by atoms with Crippen molar-refractivity contribution in [2.75, 3.05) is 5.32 Å². The Morgan fingerprint density at radius 3 is 2.31 bits per heavy atom. The number of nitrogens with two attached hydrogens (primary N) is 3. The standard InChI is InChI=1S/C11H14N4O/c12-7-6-9(10(13)14)11(16)15-8-4-2-1-3-5-8/h1-7H,12-14H2,(H,15,16)/b7-6-. The average molecular weight is 218 g/mol. The second kappa shape index (κ2) is 5.45.